The van der Waals surface area contributed by atoms with Crippen LogP contribution in [0.1, 0.15) is 38.8 Å². The lowest BCUT2D eigenvalue weighted by Gasteiger charge is -2.37. The summed E-state index contributed by atoms with van der Waals surface area (Å²) >= 11 is 0. The molecule has 0 bridgehead atoms. The molecule has 4 aromatic carbocycles. The van der Waals surface area contributed by atoms with Crippen LogP contribution in [-0.4, -0.2) is 42.6 Å². The topological polar surface area (TPSA) is 102 Å². The minimum atomic E-state index is -1.41. The summed E-state index contributed by atoms with van der Waals surface area (Å²) in [5.74, 6) is -1.66. The van der Waals surface area contributed by atoms with E-state index in [0.717, 1.165) is 11.3 Å². The molecule has 0 unspecified atom stereocenters. The van der Waals surface area contributed by atoms with E-state index < -0.39 is 29.4 Å². The molecule has 1 saturated heterocycles. The van der Waals surface area contributed by atoms with Crippen molar-refractivity contribution >= 4 is 40.9 Å². The Balaban J connectivity index is 1.47. The summed E-state index contributed by atoms with van der Waals surface area (Å²) in [6.07, 6.45) is 3.90. The first-order valence-electron chi connectivity index (χ1n) is 14.3. The van der Waals surface area contributed by atoms with E-state index >= 15 is 0 Å². The molecule has 1 spiro atoms. The lowest BCUT2D eigenvalue weighted by Crippen LogP contribution is -2.51. The summed E-state index contributed by atoms with van der Waals surface area (Å²) in [5, 5.41) is 3.04. The maximum absolute atomic E-state index is 14.9. The number of amides is 1. The van der Waals surface area contributed by atoms with Crippen LogP contribution < -0.4 is 19.7 Å². The predicted octanol–water partition coefficient (Wildman–Crippen LogP) is 5.48. The number of carbonyl (C=O) groups excluding carboxylic acids is 4. The van der Waals surface area contributed by atoms with Crippen LogP contribution in [0.2, 0.25) is 0 Å². The molecule has 1 N–H and O–H groups in total. The number of hydrogen-bond acceptors (Lipinski definition) is 7. The maximum atomic E-state index is 14.9. The van der Waals surface area contributed by atoms with Gasteiger partial charge in [-0.05, 0) is 71.8 Å². The van der Waals surface area contributed by atoms with E-state index in [1.165, 1.54) is 6.92 Å². The number of ketones is 2. The second-order valence-corrected chi connectivity index (χ2v) is 11.1. The van der Waals surface area contributed by atoms with Crippen LogP contribution in [0.25, 0.3) is 6.08 Å². The first-order chi connectivity index (χ1) is 21.3. The van der Waals surface area contributed by atoms with E-state index in [9.17, 15) is 19.2 Å². The van der Waals surface area contributed by atoms with Gasteiger partial charge in [-0.25, -0.2) is 0 Å². The minimum absolute atomic E-state index is 0.302. The third kappa shape index (κ3) is 3.98. The predicted molar refractivity (Wildman–Crippen MR) is 165 cm³/mol. The molecule has 0 radical (unpaired) electrons. The van der Waals surface area contributed by atoms with Crippen LogP contribution in [0.4, 0.5) is 11.4 Å². The lowest BCUT2D eigenvalue weighted by molar-refractivity contribution is -0.131. The van der Waals surface area contributed by atoms with Gasteiger partial charge in [0.2, 0.25) is 5.91 Å². The Morgan fingerprint density at radius 2 is 1.43 bits per heavy atom. The van der Waals surface area contributed by atoms with E-state index in [1.54, 1.807) is 55.6 Å². The van der Waals surface area contributed by atoms with Crippen LogP contribution in [-0.2, 0) is 15.0 Å². The SMILES string of the molecule is COc1ccc(C(=O)[C@H]2[C@@H](C(=O)c3ccc(OC(C)=O)cc3)N3c4ccccc4C=C[C@@H]3[C@@]23C(=O)Nc2ccccc23)cc1. The number of nitrogens with one attached hydrogen (secondary N) is 1. The fourth-order valence-corrected chi connectivity index (χ4v) is 7.08. The first-order valence-corrected chi connectivity index (χ1v) is 14.3. The summed E-state index contributed by atoms with van der Waals surface area (Å²) in [5.41, 5.74) is 2.23. The van der Waals surface area contributed by atoms with Gasteiger partial charge < -0.3 is 19.7 Å². The van der Waals surface area contributed by atoms with Crippen LogP contribution in [0.3, 0.4) is 0 Å². The van der Waals surface area contributed by atoms with Crippen LogP contribution >= 0.6 is 0 Å². The summed E-state index contributed by atoms with van der Waals surface area (Å²) in [6, 6.07) is 26.4. The molecule has 0 aromatic heterocycles. The summed E-state index contributed by atoms with van der Waals surface area (Å²) in [6.45, 7) is 1.30. The number of Topliss-reactive ketones (excluding diaryl/α,β-unsaturated/α-hetero) is 2. The second kappa shape index (κ2) is 10.3. The highest BCUT2D eigenvalue weighted by molar-refractivity contribution is 6.18. The zero-order valence-electron chi connectivity index (χ0n) is 24.0. The number of esters is 1. The van der Waals surface area contributed by atoms with Crippen LogP contribution in [0.15, 0.2) is 103 Å². The molecule has 218 valence electrons. The molecule has 3 heterocycles. The number of anilines is 2. The van der Waals surface area contributed by atoms with Gasteiger partial charge in [0.15, 0.2) is 11.6 Å². The third-order valence-corrected chi connectivity index (χ3v) is 8.87. The summed E-state index contributed by atoms with van der Waals surface area (Å²) < 4.78 is 10.5. The molecule has 0 aliphatic carbocycles. The smallest absolute Gasteiger partial charge is 0.308 e. The molecule has 8 heteroatoms. The van der Waals surface area contributed by atoms with Crippen LogP contribution in [0.5, 0.6) is 11.5 Å². The van der Waals surface area contributed by atoms with Gasteiger partial charge in [-0.3, -0.25) is 19.2 Å². The van der Waals surface area contributed by atoms with Crippen molar-refractivity contribution in [3.63, 3.8) is 0 Å². The molecular weight excluding hydrogens is 556 g/mol. The third-order valence-electron chi connectivity index (χ3n) is 8.87. The Kier molecular flexibility index (Phi) is 6.43. The highest BCUT2D eigenvalue weighted by Gasteiger charge is 2.70. The molecule has 8 nitrogen and oxygen atoms in total. The zero-order chi connectivity index (χ0) is 30.6. The van der Waals surface area contributed by atoms with E-state index in [2.05, 4.69) is 5.32 Å². The van der Waals surface area contributed by atoms with Crippen LogP contribution in [0, 0.1) is 5.92 Å². The monoisotopic (exact) mass is 584 g/mol. The highest BCUT2D eigenvalue weighted by atomic mass is 16.5. The van der Waals surface area contributed by atoms with Crippen molar-refractivity contribution in [2.24, 2.45) is 5.92 Å². The van der Waals surface area contributed by atoms with Gasteiger partial charge in [0, 0.05) is 29.4 Å². The number of ether oxygens (including phenoxy) is 2. The number of hydrogen-bond donors (Lipinski definition) is 1. The van der Waals surface area contributed by atoms with Crippen molar-refractivity contribution in [1.82, 2.24) is 0 Å². The largest absolute Gasteiger partial charge is 0.497 e. The van der Waals surface area contributed by atoms with Crippen molar-refractivity contribution < 1.29 is 28.7 Å². The molecule has 44 heavy (non-hydrogen) atoms. The zero-order valence-corrected chi connectivity index (χ0v) is 24.0. The standard InChI is InChI=1S/C36H28N2O6/c1-21(39)44-26-18-13-24(14-19-26)34(41)32-31(33(40)23-11-16-25(43-2)17-12-23)36(27-8-4-5-9-28(27)37-35(36)42)30-20-15-22-7-3-6-10-29(22)38(30)32/h3-20,30-32H,1-2H3,(H,37,42)/t30-,31-,32+,36-/m1/s1. The average molecular weight is 585 g/mol. The molecule has 0 saturated carbocycles. The van der Waals surface area contributed by atoms with Crippen molar-refractivity contribution in [2.45, 2.75) is 24.4 Å². The Bertz CT molecular complexity index is 1860. The molecule has 3 aliphatic heterocycles. The molecule has 1 fully saturated rings. The average Bonchev–Trinajstić information content (AvgIpc) is 3.52. The quantitative estimate of drug-likeness (QED) is 0.182. The van der Waals surface area contributed by atoms with Gasteiger partial charge in [-0.2, -0.15) is 0 Å². The lowest BCUT2D eigenvalue weighted by atomic mass is 9.64. The number of carbonyl (C=O) groups is 4. The van der Waals surface area contributed by atoms with E-state index in [1.807, 2.05) is 65.6 Å². The summed E-state index contributed by atoms with van der Waals surface area (Å²) in [7, 11) is 1.55. The number of rotatable bonds is 6. The molecule has 3 aliphatic rings. The summed E-state index contributed by atoms with van der Waals surface area (Å²) in [4.78, 5) is 57.5. The van der Waals surface area contributed by atoms with Gasteiger partial charge in [0.25, 0.3) is 0 Å². The number of nitrogens with zero attached hydrogens (tertiary/aromatic N) is 1. The second-order valence-electron chi connectivity index (χ2n) is 11.1. The van der Waals surface area contributed by atoms with E-state index in [-0.39, 0.29) is 17.5 Å². The number of fused-ring (bicyclic) bond motifs is 6. The van der Waals surface area contributed by atoms with Gasteiger partial charge in [-0.1, -0.05) is 48.6 Å². The number of benzene rings is 4. The van der Waals surface area contributed by atoms with Gasteiger partial charge in [0.1, 0.15) is 23.0 Å². The highest BCUT2D eigenvalue weighted by Crippen LogP contribution is 2.58. The van der Waals surface area contributed by atoms with Crippen molar-refractivity contribution in [3.8, 4) is 11.5 Å². The molecule has 1 amide bonds. The Morgan fingerprint density at radius 1 is 0.795 bits per heavy atom. The van der Waals surface area contributed by atoms with Crippen molar-refractivity contribution in [1.29, 1.82) is 0 Å². The Labute approximate surface area is 253 Å². The Hall–Kier alpha value is -5.50. The molecule has 4 atom stereocenters. The normalized spacial score (nSPS) is 22.5. The van der Waals surface area contributed by atoms with Crippen molar-refractivity contribution in [2.75, 3.05) is 17.3 Å². The van der Waals surface area contributed by atoms with E-state index in [4.69, 9.17) is 9.47 Å². The number of para-hydroxylation sites is 2. The fourth-order valence-electron chi connectivity index (χ4n) is 7.08. The van der Waals surface area contributed by atoms with Gasteiger partial charge >= 0.3 is 5.97 Å². The van der Waals surface area contributed by atoms with Gasteiger partial charge in [-0.15, -0.1) is 0 Å². The van der Waals surface area contributed by atoms with Gasteiger partial charge in [0.05, 0.1) is 19.1 Å². The fraction of sp³-hybridized carbons (Fsp3) is 0.167. The molecule has 4 aromatic rings. The maximum Gasteiger partial charge on any atom is 0.308 e. The molecule has 7 rings (SSSR count). The first kappa shape index (κ1) is 27.3. The molecular formula is C36H28N2O6. The minimum Gasteiger partial charge on any atom is -0.497 e. The van der Waals surface area contributed by atoms with Crippen molar-refractivity contribution in [3.05, 3.63) is 125 Å². The van der Waals surface area contributed by atoms with E-state index in [0.29, 0.717) is 33.9 Å². The number of methoxy groups -OCH3 is 1. The Morgan fingerprint density at radius 3 is 2.14 bits per heavy atom.